The molecule has 0 aromatic heterocycles. The fourth-order valence-corrected chi connectivity index (χ4v) is 3.57. The summed E-state index contributed by atoms with van der Waals surface area (Å²) in [6, 6.07) is 6.18. The smallest absolute Gasteiger partial charge is 0.341 e. The number of ether oxygens (including phenoxy) is 1. The SMILES string of the molecule is CC(C(=O)OC1CCC1)N(Oc1ccccc1)[PH](=O)Oc1c(F)c(F)c(F)c(F)c1F. The number of hydrogen-bond donors (Lipinski definition) is 0. The maximum absolute atomic E-state index is 13.9. The van der Waals surface area contributed by atoms with Gasteiger partial charge in [-0.15, -0.1) is 0 Å². The summed E-state index contributed by atoms with van der Waals surface area (Å²) in [6.45, 7) is 1.23. The Bertz CT molecular complexity index is 960. The molecular formula is C19H17F5NO5P. The van der Waals surface area contributed by atoms with Crippen molar-refractivity contribution in [2.75, 3.05) is 0 Å². The molecule has 31 heavy (non-hydrogen) atoms. The van der Waals surface area contributed by atoms with Crippen LogP contribution in [0, 0.1) is 29.1 Å². The number of hydroxylamine groups is 1. The first-order valence-electron chi connectivity index (χ1n) is 9.16. The van der Waals surface area contributed by atoms with Crippen LogP contribution in [0.3, 0.4) is 0 Å². The molecule has 6 nitrogen and oxygen atoms in total. The molecule has 0 aliphatic heterocycles. The van der Waals surface area contributed by atoms with E-state index in [1.807, 2.05) is 0 Å². The second kappa shape index (κ2) is 9.65. The Morgan fingerprint density at radius 2 is 1.55 bits per heavy atom. The number of hydrogen-bond acceptors (Lipinski definition) is 5. The molecule has 2 unspecified atom stereocenters. The summed E-state index contributed by atoms with van der Waals surface area (Å²) in [6.07, 6.45) is 1.84. The molecule has 1 fully saturated rings. The van der Waals surface area contributed by atoms with Gasteiger partial charge in [-0.1, -0.05) is 18.2 Å². The molecule has 1 aliphatic rings. The number of halogens is 5. The quantitative estimate of drug-likeness (QED) is 0.138. The molecule has 2 aromatic carbocycles. The molecule has 0 spiro atoms. The predicted octanol–water partition coefficient (Wildman–Crippen LogP) is 4.93. The number of carbonyl (C=O) groups excluding carboxylic acids is 1. The van der Waals surface area contributed by atoms with Crippen molar-refractivity contribution in [2.45, 2.75) is 38.3 Å². The summed E-state index contributed by atoms with van der Waals surface area (Å²) in [4.78, 5) is 18.2. The van der Waals surface area contributed by atoms with Crippen LogP contribution >= 0.6 is 8.18 Å². The lowest BCUT2D eigenvalue weighted by atomic mass is 9.96. The maximum Gasteiger partial charge on any atom is 0.341 e. The number of para-hydroxylation sites is 1. The van der Waals surface area contributed by atoms with Crippen molar-refractivity contribution in [3.05, 3.63) is 59.4 Å². The van der Waals surface area contributed by atoms with E-state index in [4.69, 9.17) is 9.57 Å². The Balaban J connectivity index is 1.88. The lowest BCUT2D eigenvalue weighted by Crippen LogP contribution is -2.41. The fourth-order valence-electron chi connectivity index (χ4n) is 2.52. The van der Waals surface area contributed by atoms with Crippen LogP contribution in [0.2, 0.25) is 0 Å². The van der Waals surface area contributed by atoms with Crippen molar-refractivity contribution in [2.24, 2.45) is 0 Å². The number of benzene rings is 2. The predicted molar refractivity (Wildman–Crippen MR) is 98.0 cm³/mol. The van der Waals surface area contributed by atoms with Gasteiger partial charge >= 0.3 is 14.1 Å². The van der Waals surface area contributed by atoms with Crippen LogP contribution < -0.4 is 9.36 Å². The summed E-state index contributed by atoms with van der Waals surface area (Å²) in [5.41, 5.74) is 0. The highest BCUT2D eigenvalue weighted by molar-refractivity contribution is 7.36. The molecule has 1 saturated carbocycles. The third-order valence-electron chi connectivity index (χ3n) is 4.51. The minimum Gasteiger partial charge on any atom is -0.461 e. The van der Waals surface area contributed by atoms with Gasteiger partial charge in [-0.05, 0) is 43.2 Å². The molecule has 1 aliphatic carbocycles. The summed E-state index contributed by atoms with van der Waals surface area (Å²) in [5, 5.41) is 0. The maximum atomic E-state index is 13.9. The van der Waals surface area contributed by atoms with Crippen LogP contribution in [0.5, 0.6) is 11.5 Å². The van der Waals surface area contributed by atoms with Gasteiger partial charge in [0.1, 0.15) is 11.9 Å². The van der Waals surface area contributed by atoms with Crippen molar-refractivity contribution in [1.82, 2.24) is 4.83 Å². The van der Waals surface area contributed by atoms with Gasteiger partial charge in [-0.2, -0.15) is 8.78 Å². The molecule has 0 heterocycles. The van der Waals surface area contributed by atoms with Crippen molar-refractivity contribution in [3.63, 3.8) is 0 Å². The third-order valence-corrected chi connectivity index (χ3v) is 5.73. The number of rotatable bonds is 8. The van der Waals surface area contributed by atoms with Crippen LogP contribution in [0.4, 0.5) is 22.0 Å². The highest BCUT2D eigenvalue weighted by atomic mass is 31.1. The van der Waals surface area contributed by atoms with E-state index in [0.29, 0.717) is 17.7 Å². The van der Waals surface area contributed by atoms with Crippen LogP contribution in [-0.4, -0.2) is 22.9 Å². The van der Waals surface area contributed by atoms with Crippen LogP contribution in [0.1, 0.15) is 26.2 Å². The molecule has 12 heteroatoms. The molecule has 0 radical (unpaired) electrons. The van der Waals surface area contributed by atoms with E-state index >= 15 is 0 Å². The summed E-state index contributed by atoms with van der Waals surface area (Å²) in [7, 11) is -3.91. The molecule has 168 valence electrons. The molecule has 0 bridgehead atoms. The molecule has 0 N–H and O–H groups in total. The van der Waals surface area contributed by atoms with Crippen molar-refractivity contribution < 1.29 is 45.4 Å². The Morgan fingerprint density at radius 1 is 1.00 bits per heavy atom. The summed E-state index contributed by atoms with van der Waals surface area (Å²) < 4.78 is 90.4. The van der Waals surface area contributed by atoms with E-state index in [2.05, 4.69) is 4.52 Å². The molecule has 3 rings (SSSR count). The molecule has 2 aromatic rings. The lowest BCUT2D eigenvalue weighted by molar-refractivity contribution is -0.164. The fraction of sp³-hybridized carbons (Fsp3) is 0.316. The van der Waals surface area contributed by atoms with E-state index in [0.717, 1.165) is 6.42 Å². The Kier molecular flexibility index (Phi) is 7.17. The first-order valence-corrected chi connectivity index (χ1v) is 10.4. The van der Waals surface area contributed by atoms with Crippen molar-refractivity contribution in [3.8, 4) is 11.5 Å². The zero-order valence-corrected chi connectivity index (χ0v) is 17.0. The lowest BCUT2D eigenvalue weighted by Gasteiger charge is -2.30. The van der Waals surface area contributed by atoms with Gasteiger partial charge in [-0.3, -0.25) is 9.36 Å². The molecule has 0 amide bonds. The van der Waals surface area contributed by atoms with E-state index < -0.39 is 55.0 Å². The van der Waals surface area contributed by atoms with Gasteiger partial charge in [0, 0.05) is 0 Å². The highest BCUT2D eigenvalue weighted by Crippen LogP contribution is 2.39. The first kappa shape index (κ1) is 23.0. The van der Waals surface area contributed by atoms with E-state index in [1.165, 1.54) is 19.1 Å². The topological polar surface area (TPSA) is 65.1 Å². The number of esters is 1. The van der Waals surface area contributed by atoms with E-state index in [9.17, 15) is 31.3 Å². The minimum atomic E-state index is -3.91. The second-order valence-corrected chi connectivity index (χ2v) is 7.84. The molecule has 2 atom stereocenters. The number of nitrogens with zero attached hydrogens (tertiary/aromatic N) is 1. The largest absolute Gasteiger partial charge is 0.461 e. The summed E-state index contributed by atoms with van der Waals surface area (Å²) in [5.74, 6) is -14.1. The average molecular weight is 465 g/mol. The van der Waals surface area contributed by atoms with Gasteiger partial charge in [0.05, 0.1) is 0 Å². The molecular weight excluding hydrogens is 448 g/mol. The van der Waals surface area contributed by atoms with Gasteiger partial charge in [0.2, 0.25) is 34.8 Å². The van der Waals surface area contributed by atoms with Gasteiger partial charge in [0.15, 0.2) is 6.04 Å². The monoisotopic (exact) mass is 465 g/mol. The standard InChI is InChI=1S/C19H17F5NO5P/c1-10(19(26)28-11-8-5-9-11)25(29-12-6-3-2-4-7-12)31(27)30-18-16(23)14(21)13(20)15(22)17(18)24/h2-4,6-7,10-11,31H,5,8-9H2,1H3. The normalized spacial score (nSPS) is 15.8. The minimum absolute atomic E-state index is 0.0742. The van der Waals surface area contributed by atoms with E-state index in [1.54, 1.807) is 18.2 Å². The Labute approximate surface area is 174 Å². The van der Waals surface area contributed by atoms with Crippen LogP contribution in [0.25, 0.3) is 0 Å². The second-order valence-electron chi connectivity index (χ2n) is 6.66. The Hall–Kier alpha value is -2.65. The van der Waals surface area contributed by atoms with Gasteiger partial charge < -0.3 is 14.1 Å². The van der Waals surface area contributed by atoms with Gasteiger partial charge in [0.25, 0.3) is 0 Å². The first-order chi connectivity index (χ1) is 14.7. The van der Waals surface area contributed by atoms with Crippen molar-refractivity contribution >= 4 is 14.1 Å². The number of carbonyl (C=O) groups is 1. The van der Waals surface area contributed by atoms with Crippen LogP contribution in [0.15, 0.2) is 30.3 Å². The summed E-state index contributed by atoms with van der Waals surface area (Å²) >= 11 is 0. The van der Waals surface area contributed by atoms with Crippen LogP contribution in [-0.2, 0) is 14.1 Å². The Morgan fingerprint density at radius 3 is 2.06 bits per heavy atom. The van der Waals surface area contributed by atoms with Gasteiger partial charge in [-0.25, -0.2) is 13.2 Å². The molecule has 0 saturated heterocycles. The third kappa shape index (κ3) is 4.99. The zero-order chi connectivity index (χ0) is 22.7. The zero-order valence-electron chi connectivity index (χ0n) is 16.0. The van der Waals surface area contributed by atoms with E-state index in [-0.39, 0.29) is 11.9 Å². The highest BCUT2D eigenvalue weighted by Gasteiger charge is 2.35. The average Bonchev–Trinajstić information content (AvgIpc) is 2.74. The van der Waals surface area contributed by atoms with Crippen molar-refractivity contribution in [1.29, 1.82) is 0 Å².